The molecule has 3 aliphatic heterocycles. The lowest BCUT2D eigenvalue weighted by Crippen LogP contribution is -2.30. The predicted octanol–water partition coefficient (Wildman–Crippen LogP) is 3.93. The first-order valence-corrected chi connectivity index (χ1v) is 13.7. The number of likely N-dealkylation sites (tertiary alicyclic amines) is 1. The summed E-state index contributed by atoms with van der Waals surface area (Å²) in [4.78, 5) is 15.4. The Morgan fingerprint density at radius 2 is 1.62 bits per heavy atom. The Balaban J connectivity index is 1.22. The Hall–Kier alpha value is -2.58. The summed E-state index contributed by atoms with van der Waals surface area (Å²) in [6.07, 6.45) is 5.62. The van der Waals surface area contributed by atoms with Crippen LogP contribution >= 0.6 is 0 Å². The quantitative estimate of drug-likeness (QED) is 0.621. The molecule has 3 heterocycles. The number of hydrogen-bond acceptors (Lipinski definition) is 5. The zero-order valence-electron chi connectivity index (χ0n) is 19.4. The Morgan fingerprint density at radius 1 is 0.882 bits per heavy atom. The van der Waals surface area contributed by atoms with Crippen LogP contribution in [0.4, 0.5) is 0 Å². The van der Waals surface area contributed by atoms with Crippen LogP contribution in [0.5, 0.6) is 11.5 Å². The Labute approximate surface area is 201 Å². The van der Waals surface area contributed by atoms with Crippen LogP contribution in [0.2, 0.25) is 0 Å². The van der Waals surface area contributed by atoms with Gasteiger partial charge in [0, 0.05) is 32.5 Å². The van der Waals surface area contributed by atoms with Crippen LogP contribution in [0.3, 0.4) is 0 Å². The number of sulfonamides is 1. The monoisotopic (exact) mass is 484 g/mol. The van der Waals surface area contributed by atoms with Crippen LogP contribution in [-0.4, -0.2) is 56.4 Å². The number of nitrogens with zero attached hydrogens (tertiary/aromatic N) is 2. The fourth-order valence-electron chi connectivity index (χ4n) is 5.10. The highest BCUT2D eigenvalue weighted by Crippen LogP contribution is 2.38. The van der Waals surface area contributed by atoms with E-state index in [1.165, 1.54) is 0 Å². The van der Waals surface area contributed by atoms with Crippen LogP contribution in [-0.2, 0) is 21.2 Å². The standard InChI is InChI=1S/C26H32N2O5S/c29-26(13-8-20-6-10-22(11-7-20)34(30,31)27-14-1-2-15-27)28-16-3-5-23(28)21-9-12-24-25(19-21)33-18-4-17-32-24/h6-7,9-12,19,23H,1-5,8,13-18H2/t23-/m0/s1. The minimum absolute atomic E-state index is 0.0534. The molecule has 34 heavy (non-hydrogen) atoms. The van der Waals surface area contributed by atoms with Crippen molar-refractivity contribution in [1.82, 2.24) is 9.21 Å². The second-order valence-electron chi connectivity index (χ2n) is 9.26. The highest BCUT2D eigenvalue weighted by atomic mass is 32.2. The molecule has 182 valence electrons. The fourth-order valence-corrected chi connectivity index (χ4v) is 6.62. The smallest absolute Gasteiger partial charge is 0.243 e. The average Bonchev–Trinajstić information content (AvgIpc) is 3.52. The van der Waals surface area contributed by atoms with Gasteiger partial charge in [0.15, 0.2) is 11.5 Å². The minimum atomic E-state index is -3.41. The average molecular weight is 485 g/mol. The maximum absolute atomic E-state index is 13.1. The molecule has 0 aromatic heterocycles. The van der Waals surface area contributed by atoms with Gasteiger partial charge in [0.05, 0.1) is 24.2 Å². The predicted molar refractivity (Wildman–Crippen MR) is 128 cm³/mol. The summed E-state index contributed by atoms with van der Waals surface area (Å²) >= 11 is 0. The van der Waals surface area contributed by atoms with Gasteiger partial charge in [0.1, 0.15) is 0 Å². The molecule has 0 N–H and O–H groups in total. The van der Waals surface area contributed by atoms with Gasteiger partial charge in [-0.25, -0.2) is 8.42 Å². The van der Waals surface area contributed by atoms with Crippen molar-refractivity contribution in [3.8, 4) is 11.5 Å². The van der Waals surface area contributed by atoms with Crippen molar-refractivity contribution in [2.24, 2.45) is 0 Å². The highest BCUT2D eigenvalue weighted by Gasteiger charge is 2.31. The molecule has 0 spiro atoms. The molecule has 2 saturated heterocycles. The minimum Gasteiger partial charge on any atom is -0.490 e. The number of amides is 1. The molecule has 0 radical (unpaired) electrons. The third-order valence-corrected chi connectivity index (χ3v) is 8.90. The Morgan fingerprint density at radius 3 is 2.38 bits per heavy atom. The summed E-state index contributed by atoms with van der Waals surface area (Å²) in [5.41, 5.74) is 2.06. The van der Waals surface area contributed by atoms with E-state index in [1.54, 1.807) is 16.4 Å². The lowest BCUT2D eigenvalue weighted by atomic mass is 10.0. The van der Waals surface area contributed by atoms with Crippen molar-refractivity contribution in [3.05, 3.63) is 53.6 Å². The van der Waals surface area contributed by atoms with Crippen molar-refractivity contribution in [3.63, 3.8) is 0 Å². The summed E-state index contributed by atoms with van der Waals surface area (Å²) in [6, 6.07) is 13.1. The first-order chi connectivity index (χ1) is 16.5. The van der Waals surface area contributed by atoms with Gasteiger partial charge in [-0.15, -0.1) is 0 Å². The first kappa shape index (κ1) is 23.2. The Kier molecular flexibility index (Phi) is 6.79. The number of carbonyl (C=O) groups is 1. The van der Waals surface area contributed by atoms with Crippen LogP contribution in [0, 0.1) is 0 Å². The molecule has 1 atom stereocenters. The maximum atomic E-state index is 13.1. The molecule has 8 heteroatoms. The van der Waals surface area contributed by atoms with E-state index in [-0.39, 0.29) is 11.9 Å². The van der Waals surface area contributed by atoms with Crippen LogP contribution in [0.1, 0.15) is 55.7 Å². The van der Waals surface area contributed by atoms with Crippen molar-refractivity contribution < 1.29 is 22.7 Å². The molecule has 0 bridgehead atoms. The fraction of sp³-hybridized carbons (Fsp3) is 0.500. The molecule has 2 aromatic carbocycles. The number of fused-ring (bicyclic) bond motifs is 1. The van der Waals surface area contributed by atoms with E-state index in [4.69, 9.17) is 9.47 Å². The lowest BCUT2D eigenvalue weighted by Gasteiger charge is -2.26. The van der Waals surface area contributed by atoms with Crippen LogP contribution in [0.15, 0.2) is 47.4 Å². The third-order valence-electron chi connectivity index (χ3n) is 6.98. The third kappa shape index (κ3) is 4.79. The van der Waals surface area contributed by atoms with Crippen LogP contribution in [0.25, 0.3) is 0 Å². The van der Waals surface area contributed by atoms with Gasteiger partial charge in [-0.1, -0.05) is 18.2 Å². The zero-order valence-corrected chi connectivity index (χ0v) is 20.3. The second kappa shape index (κ2) is 9.96. The van der Waals surface area contributed by atoms with Crippen molar-refractivity contribution in [2.45, 2.75) is 55.9 Å². The number of rotatable bonds is 6. The molecule has 3 aliphatic rings. The Bertz CT molecular complexity index is 1130. The summed E-state index contributed by atoms with van der Waals surface area (Å²) in [6.45, 7) is 3.25. The van der Waals surface area contributed by atoms with Gasteiger partial charge in [0.2, 0.25) is 15.9 Å². The van der Waals surface area contributed by atoms with E-state index in [9.17, 15) is 13.2 Å². The van der Waals surface area contributed by atoms with E-state index in [1.807, 2.05) is 35.2 Å². The molecular weight excluding hydrogens is 452 g/mol. The maximum Gasteiger partial charge on any atom is 0.243 e. The normalized spacial score (nSPS) is 20.9. The summed E-state index contributed by atoms with van der Waals surface area (Å²) < 4.78 is 38.6. The molecule has 0 unspecified atom stereocenters. The van der Waals surface area contributed by atoms with E-state index >= 15 is 0 Å². The molecule has 0 aliphatic carbocycles. The van der Waals surface area contributed by atoms with Gasteiger partial charge >= 0.3 is 0 Å². The van der Waals surface area contributed by atoms with E-state index < -0.39 is 10.0 Å². The SMILES string of the molecule is O=C(CCc1ccc(S(=O)(=O)N2CCCC2)cc1)N1CCC[C@H]1c1ccc2c(c1)OCCCO2. The van der Waals surface area contributed by atoms with Crippen LogP contribution < -0.4 is 9.47 Å². The topological polar surface area (TPSA) is 76.2 Å². The molecule has 0 saturated carbocycles. The van der Waals surface area contributed by atoms with E-state index in [0.717, 1.165) is 61.3 Å². The lowest BCUT2D eigenvalue weighted by molar-refractivity contribution is -0.132. The van der Waals surface area contributed by atoms with Gasteiger partial charge in [-0.2, -0.15) is 4.31 Å². The number of carbonyl (C=O) groups excluding carboxylic acids is 1. The first-order valence-electron chi connectivity index (χ1n) is 12.3. The van der Waals surface area contributed by atoms with E-state index in [2.05, 4.69) is 0 Å². The number of ether oxygens (including phenoxy) is 2. The molecule has 1 amide bonds. The number of aryl methyl sites for hydroxylation is 1. The number of benzene rings is 2. The van der Waals surface area contributed by atoms with Crippen molar-refractivity contribution >= 4 is 15.9 Å². The van der Waals surface area contributed by atoms with Gasteiger partial charge in [-0.3, -0.25) is 4.79 Å². The van der Waals surface area contributed by atoms with Gasteiger partial charge < -0.3 is 14.4 Å². The molecular formula is C26H32N2O5S. The van der Waals surface area contributed by atoms with Gasteiger partial charge in [0.25, 0.3) is 0 Å². The highest BCUT2D eigenvalue weighted by molar-refractivity contribution is 7.89. The van der Waals surface area contributed by atoms with E-state index in [0.29, 0.717) is 44.0 Å². The number of hydrogen-bond donors (Lipinski definition) is 0. The van der Waals surface area contributed by atoms with Crippen molar-refractivity contribution in [2.75, 3.05) is 32.8 Å². The molecule has 7 nitrogen and oxygen atoms in total. The molecule has 2 aromatic rings. The van der Waals surface area contributed by atoms with Gasteiger partial charge in [-0.05, 0) is 67.5 Å². The summed E-state index contributed by atoms with van der Waals surface area (Å²) in [5.74, 6) is 1.66. The largest absolute Gasteiger partial charge is 0.490 e. The molecule has 5 rings (SSSR count). The second-order valence-corrected chi connectivity index (χ2v) is 11.2. The molecule has 2 fully saturated rings. The summed E-state index contributed by atoms with van der Waals surface area (Å²) in [5, 5.41) is 0. The zero-order chi connectivity index (χ0) is 23.5. The summed E-state index contributed by atoms with van der Waals surface area (Å²) in [7, 11) is -3.41. The van der Waals surface area contributed by atoms with Crippen molar-refractivity contribution in [1.29, 1.82) is 0 Å².